The van der Waals surface area contributed by atoms with E-state index in [0.29, 0.717) is 29.4 Å². The monoisotopic (exact) mass is 309 g/mol. The average molecular weight is 310 g/mol. The van der Waals surface area contributed by atoms with Gasteiger partial charge in [0, 0.05) is 24.7 Å². The molecule has 2 rings (SSSR count). The van der Waals surface area contributed by atoms with Crippen LogP contribution in [0.25, 0.3) is 0 Å². The van der Waals surface area contributed by atoms with Crippen LogP contribution in [-0.4, -0.2) is 27.0 Å². The summed E-state index contributed by atoms with van der Waals surface area (Å²) in [6.07, 6.45) is 2.04. The number of pyridine rings is 1. The van der Waals surface area contributed by atoms with Crippen molar-refractivity contribution in [2.45, 2.75) is 39.3 Å². The lowest BCUT2D eigenvalue weighted by molar-refractivity contribution is 0.170. The van der Waals surface area contributed by atoms with Gasteiger partial charge in [-0.15, -0.1) is 0 Å². The second-order valence-electron chi connectivity index (χ2n) is 4.70. The highest BCUT2D eigenvalue weighted by atomic mass is 35.5. The summed E-state index contributed by atoms with van der Waals surface area (Å²) < 4.78 is 7.03. The van der Waals surface area contributed by atoms with Gasteiger partial charge in [0.25, 0.3) is 0 Å². The molecule has 1 atom stereocenters. The Labute approximate surface area is 129 Å². The van der Waals surface area contributed by atoms with Gasteiger partial charge < -0.3 is 9.84 Å². The van der Waals surface area contributed by atoms with Crippen LogP contribution in [0.15, 0.2) is 18.3 Å². The number of aromatic nitrogens is 3. The van der Waals surface area contributed by atoms with Gasteiger partial charge >= 0.3 is 0 Å². The molecular formula is C15H20ClN3O2. The summed E-state index contributed by atoms with van der Waals surface area (Å²) in [7, 11) is 1.54. The van der Waals surface area contributed by atoms with E-state index >= 15 is 0 Å². The van der Waals surface area contributed by atoms with E-state index in [1.165, 1.54) is 7.11 Å². The highest BCUT2D eigenvalue weighted by Gasteiger charge is 2.21. The summed E-state index contributed by atoms with van der Waals surface area (Å²) in [5.41, 5.74) is 2.35. The van der Waals surface area contributed by atoms with Crippen molar-refractivity contribution in [2.24, 2.45) is 0 Å². The van der Waals surface area contributed by atoms with E-state index in [0.717, 1.165) is 17.8 Å². The summed E-state index contributed by atoms with van der Waals surface area (Å²) >= 11 is 6.37. The molecule has 2 aromatic heterocycles. The van der Waals surface area contributed by atoms with Gasteiger partial charge in [-0.3, -0.25) is 4.68 Å². The molecule has 114 valence electrons. The van der Waals surface area contributed by atoms with Crippen LogP contribution in [0, 0.1) is 0 Å². The fourth-order valence-corrected chi connectivity index (χ4v) is 2.68. The largest absolute Gasteiger partial charge is 0.481 e. The fourth-order valence-electron chi connectivity index (χ4n) is 2.33. The number of rotatable bonds is 6. The number of hydrogen-bond acceptors (Lipinski definition) is 4. The van der Waals surface area contributed by atoms with E-state index in [-0.39, 0.29) is 0 Å². The van der Waals surface area contributed by atoms with Crippen LogP contribution >= 0.6 is 11.6 Å². The third-order valence-electron chi connectivity index (χ3n) is 3.43. The standard InChI is InChI=1S/C15H20ClN3O2/c1-4-11-14(16)12(19(5-2)18-11)9-13(20)10-7-6-8-17-15(10)21-3/h6-8,13,20H,4-5,9H2,1-3H3. The predicted molar refractivity (Wildman–Crippen MR) is 81.7 cm³/mol. The van der Waals surface area contributed by atoms with E-state index in [4.69, 9.17) is 16.3 Å². The molecule has 0 aromatic carbocycles. The van der Waals surface area contributed by atoms with Crippen molar-refractivity contribution >= 4 is 11.6 Å². The second-order valence-corrected chi connectivity index (χ2v) is 5.08. The average Bonchev–Trinajstić information content (AvgIpc) is 2.83. The number of aliphatic hydroxyl groups excluding tert-OH is 1. The van der Waals surface area contributed by atoms with E-state index in [1.807, 2.05) is 18.5 Å². The van der Waals surface area contributed by atoms with Crippen LogP contribution in [0.1, 0.15) is 36.9 Å². The Morgan fingerprint density at radius 1 is 1.43 bits per heavy atom. The highest BCUT2D eigenvalue weighted by molar-refractivity contribution is 6.31. The lowest BCUT2D eigenvalue weighted by Gasteiger charge is -2.14. The first-order valence-electron chi connectivity index (χ1n) is 7.03. The topological polar surface area (TPSA) is 60.2 Å². The van der Waals surface area contributed by atoms with Crippen LogP contribution in [-0.2, 0) is 19.4 Å². The van der Waals surface area contributed by atoms with Crippen molar-refractivity contribution in [1.82, 2.24) is 14.8 Å². The first-order chi connectivity index (χ1) is 10.1. The van der Waals surface area contributed by atoms with Crippen molar-refractivity contribution in [3.63, 3.8) is 0 Å². The summed E-state index contributed by atoms with van der Waals surface area (Å²) in [6.45, 7) is 4.73. The number of hydrogen-bond donors (Lipinski definition) is 1. The minimum absolute atomic E-state index is 0.377. The molecule has 0 spiro atoms. The Bertz CT molecular complexity index is 613. The summed E-state index contributed by atoms with van der Waals surface area (Å²) in [4.78, 5) is 4.11. The molecule has 5 nitrogen and oxygen atoms in total. The molecule has 0 bridgehead atoms. The van der Waals surface area contributed by atoms with Crippen molar-refractivity contribution in [1.29, 1.82) is 0 Å². The summed E-state index contributed by atoms with van der Waals surface area (Å²) in [6, 6.07) is 3.58. The van der Waals surface area contributed by atoms with Gasteiger partial charge in [-0.2, -0.15) is 5.10 Å². The Balaban J connectivity index is 2.31. The molecule has 6 heteroatoms. The van der Waals surface area contributed by atoms with Gasteiger partial charge in [0.05, 0.1) is 29.6 Å². The smallest absolute Gasteiger partial charge is 0.218 e. The molecule has 0 radical (unpaired) electrons. The first-order valence-corrected chi connectivity index (χ1v) is 7.41. The number of aryl methyl sites for hydroxylation is 2. The van der Waals surface area contributed by atoms with E-state index < -0.39 is 6.10 Å². The zero-order valence-corrected chi connectivity index (χ0v) is 13.3. The number of nitrogens with zero attached hydrogens (tertiary/aromatic N) is 3. The molecule has 0 saturated heterocycles. The van der Waals surface area contributed by atoms with Gasteiger partial charge in [-0.05, 0) is 25.5 Å². The van der Waals surface area contributed by atoms with E-state index in [9.17, 15) is 5.11 Å². The molecule has 0 saturated carbocycles. The SMILES string of the molecule is CCc1nn(CC)c(CC(O)c2cccnc2OC)c1Cl. The van der Waals surface area contributed by atoms with Crippen molar-refractivity contribution in [3.8, 4) is 5.88 Å². The highest BCUT2D eigenvalue weighted by Crippen LogP contribution is 2.29. The van der Waals surface area contributed by atoms with Gasteiger partial charge in [0.2, 0.25) is 5.88 Å². The minimum Gasteiger partial charge on any atom is -0.481 e. The number of methoxy groups -OCH3 is 1. The molecule has 1 unspecified atom stereocenters. The van der Waals surface area contributed by atoms with Gasteiger partial charge in [-0.1, -0.05) is 18.5 Å². The summed E-state index contributed by atoms with van der Waals surface area (Å²) in [5.74, 6) is 0.430. The maximum atomic E-state index is 10.5. The van der Waals surface area contributed by atoms with Crippen molar-refractivity contribution < 1.29 is 9.84 Å². The zero-order chi connectivity index (χ0) is 15.4. The molecule has 0 aliphatic carbocycles. The van der Waals surface area contributed by atoms with E-state index in [1.54, 1.807) is 18.3 Å². The van der Waals surface area contributed by atoms with E-state index in [2.05, 4.69) is 10.1 Å². The molecule has 0 aliphatic rings. The van der Waals surface area contributed by atoms with Crippen LogP contribution < -0.4 is 4.74 Å². The molecule has 0 fully saturated rings. The number of halogens is 1. The maximum Gasteiger partial charge on any atom is 0.218 e. The molecule has 1 N–H and O–H groups in total. The molecule has 2 heterocycles. The lowest BCUT2D eigenvalue weighted by atomic mass is 10.1. The zero-order valence-electron chi connectivity index (χ0n) is 12.5. The van der Waals surface area contributed by atoms with Gasteiger partial charge in [0.1, 0.15) is 0 Å². The van der Waals surface area contributed by atoms with Gasteiger partial charge in [-0.25, -0.2) is 4.98 Å². The number of ether oxygens (including phenoxy) is 1. The molecule has 21 heavy (non-hydrogen) atoms. The lowest BCUT2D eigenvalue weighted by Crippen LogP contribution is -2.10. The van der Waals surface area contributed by atoms with Gasteiger partial charge in [0.15, 0.2) is 0 Å². The van der Waals surface area contributed by atoms with Crippen molar-refractivity contribution in [3.05, 3.63) is 40.3 Å². The third-order valence-corrected chi connectivity index (χ3v) is 3.87. The Hall–Kier alpha value is -1.59. The summed E-state index contributed by atoms with van der Waals surface area (Å²) in [5, 5.41) is 15.6. The minimum atomic E-state index is -0.738. The van der Waals surface area contributed by atoms with Crippen LogP contribution in [0.3, 0.4) is 0 Å². The van der Waals surface area contributed by atoms with Crippen LogP contribution in [0.4, 0.5) is 0 Å². The van der Waals surface area contributed by atoms with Crippen molar-refractivity contribution in [2.75, 3.05) is 7.11 Å². The molecule has 0 aliphatic heterocycles. The second kappa shape index (κ2) is 6.91. The predicted octanol–water partition coefficient (Wildman–Crippen LogP) is 2.80. The maximum absolute atomic E-state index is 10.5. The fraction of sp³-hybridized carbons (Fsp3) is 0.467. The molecule has 0 amide bonds. The number of aliphatic hydroxyl groups is 1. The normalized spacial score (nSPS) is 12.4. The Kier molecular flexibility index (Phi) is 5.20. The quantitative estimate of drug-likeness (QED) is 0.891. The first kappa shape index (κ1) is 15.8. The van der Waals surface area contributed by atoms with Crippen LogP contribution in [0.5, 0.6) is 5.88 Å². The third kappa shape index (κ3) is 3.19. The molecule has 2 aromatic rings. The Morgan fingerprint density at radius 3 is 2.81 bits per heavy atom. The molecular weight excluding hydrogens is 290 g/mol. The Morgan fingerprint density at radius 2 is 2.19 bits per heavy atom. The van der Waals surface area contributed by atoms with Crippen LogP contribution in [0.2, 0.25) is 5.02 Å².